The number of rotatable bonds is 8. The van der Waals surface area contributed by atoms with E-state index in [1.807, 2.05) is 0 Å². The molecule has 11 heteroatoms. The molecule has 182 valence electrons. The molecule has 3 aromatic carbocycles. The number of carbonyl (C=O) groups is 2. The molecule has 0 radical (unpaired) electrons. The first kappa shape index (κ1) is 25.1. The minimum atomic E-state index is -4.79. The Kier molecular flexibility index (Phi) is 7.92. The molecule has 0 unspecified atom stereocenters. The van der Waals surface area contributed by atoms with Crippen molar-refractivity contribution in [1.82, 2.24) is 5.43 Å². The molecule has 3 aromatic rings. The highest BCUT2D eigenvalue weighted by Gasteiger charge is 2.30. The molecular weight excluding hydrogens is 467 g/mol. The van der Waals surface area contributed by atoms with Gasteiger partial charge in [0.15, 0.2) is 11.5 Å². The van der Waals surface area contributed by atoms with Gasteiger partial charge in [-0.15, -0.1) is 13.2 Å². The number of ether oxygens (including phenoxy) is 3. The molecule has 0 spiro atoms. The summed E-state index contributed by atoms with van der Waals surface area (Å²) in [6.07, 6.45) is -3.54. The lowest BCUT2D eigenvalue weighted by Crippen LogP contribution is -2.21. The highest BCUT2D eigenvalue weighted by Crippen LogP contribution is 2.28. The highest BCUT2D eigenvalue weighted by molar-refractivity contribution is 6.09. The lowest BCUT2D eigenvalue weighted by atomic mass is 10.1. The van der Waals surface area contributed by atoms with Gasteiger partial charge in [0.05, 0.1) is 31.7 Å². The van der Waals surface area contributed by atoms with Crippen LogP contribution in [0.2, 0.25) is 0 Å². The molecule has 0 aromatic heterocycles. The Labute approximate surface area is 198 Å². The second kappa shape index (κ2) is 11.1. The quantitative estimate of drug-likeness (QED) is 0.357. The first-order valence-corrected chi connectivity index (χ1v) is 10.0. The Balaban J connectivity index is 1.67. The van der Waals surface area contributed by atoms with E-state index in [9.17, 15) is 22.8 Å². The molecule has 8 nitrogen and oxygen atoms in total. The minimum absolute atomic E-state index is 0.146. The van der Waals surface area contributed by atoms with Crippen molar-refractivity contribution in [1.29, 1.82) is 0 Å². The molecular formula is C24H20F3N3O5. The lowest BCUT2D eigenvalue weighted by molar-refractivity contribution is -0.274. The van der Waals surface area contributed by atoms with Crippen LogP contribution in [0.25, 0.3) is 0 Å². The summed E-state index contributed by atoms with van der Waals surface area (Å²) >= 11 is 0. The highest BCUT2D eigenvalue weighted by atomic mass is 19.4. The molecule has 0 aliphatic heterocycles. The van der Waals surface area contributed by atoms with E-state index in [0.29, 0.717) is 17.1 Å². The van der Waals surface area contributed by atoms with Crippen LogP contribution < -0.4 is 25.0 Å². The second-order valence-electron chi connectivity index (χ2n) is 6.89. The van der Waals surface area contributed by atoms with E-state index >= 15 is 0 Å². The summed E-state index contributed by atoms with van der Waals surface area (Å²) in [7, 11) is 2.93. The zero-order chi connectivity index (χ0) is 25.4. The molecule has 0 bridgehead atoms. The lowest BCUT2D eigenvalue weighted by Gasteiger charge is -2.12. The number of methoxy groups -OCH3 is 2. The number of anilines is 1. The number of halogens is 3. The third-order valence-corrected chi connectivity index (χ3v) is 4.56. The van der Waals surface area contributed by atoms with Gasteiger partial charge in [0, 0.05) is 5.56 Å². The molecule has 0 atom stereocenters. The fraction of sp³-hybridized carbons (Fsp3) is 0.125. The standard InChI is InChI=1S/C24H20F3N3O5/c1-33-20-12-9-16(13-21(20)34-2)22(31)29-19-6-4-3-5-18(19)23(32)30-28-14-15-7-10-17(11-8-15)35-24(25,26)27/h3-14H,1-2H3,(H,29,31)(H,30,32)/b28-14+. The van der Waals surface area contributed by atoms with E-state index in [1.54, 1.807) is 30.3 Å². The number of carbonyl (C=O) groups excluding carboxylic acids is 2. The van der Waals surface area contributed by atoms with Crippen molar-refractivity contribution in [3.8, 4) is 17.2 Å². The van der Waals surface area contributed by atoms with E-state index in [1.165, 1.54) is 44.7 Å². The summed E-state index contributed by atoms with van der Waals surface area (Å²) in [6.45, 7) is 0. The molecule has 0 aliphatic rings. The fourth-order valence-corrected chi connectivity index (χ4v) is 2.94. The van der Waals surface area contributed by atoms with Crippen LogP contribution in [-0.4, -0.2) is 38.6 Å². The molecule has 0 fully saturated rings. The fourth-order valence-electron chi connectivity index (χ4n) is 2.94. The van der Waals surface area contributed by atoms with Gasteiger partial charge < -0.3 is 19.5 Å². The predicted molar refractivity (Wildman–Crippen MR) is 122 cm³/mol. The smallest absolute Gasteiger partial charge is 0.493 e. The summed E-state index contributed by atoms with van der Waals surface area (Å²) in [5, 5.41) is 6.49. The zero-order valence-electron chi connectivity index (χ0n) is 18.6. The number of hydrogen-bond donors (Lipinski definition) is 2. The molecule has 0 saturated carbocycles. The van der Waals surface area contributed by atoms with Crippen LogP contribution in [0.4, 0.5) is 18.9 Å². The number of nitrogens with one attached hydrogen (secondary N) is 2. The summed E-state index contributed by atoms with van der Waals surface area (Å²) in [5.41, 5.74) is 3.42. The van der Waals surface area contributed by atoms with Crippen LogP contribution in [0.1, 0.15) is 26.3 Å². The Morgan fingerprint density at radius 2 is 1.57 bits per heavy atom. The number of nitrogens with zero attached hydrogens (tertiary/aromatic N) is 1. The molecule has 35 heavy (non-hydrogen) atoms. The van der Waals surface area contributed by atoms with Gasteiger partial charge in [-0.25, -0.2) is 5.43 Å². The number of benzene rings is 3. The van der Waals surface area contributed by atoms with Crippen LogP contribution >= 0.6 is 0 Å². The number of amides is 2. The first-order valence-electron chi connectivity index (χ1n) is 10.0. The van der Waals surface area contributed by atoms with Crippen molar-refractivity contribution < 1.29 is 37.0 Å². The molecule has 0 heterocycles. The van der Waals surface area contributed by atoms with E-state index in [2.05, 4.69) is 20.6 Å². The SMILES string of the molecule is COc1ccc(C(=O)Nc2ccccc2C(=O)N/N=C/c2ccc(OC(F)(F)F)cc2)cc1OC. The predicted octanol–water partition coefficient (Wildman–Crippen LogP) is 4.62. The number of para-hydroxylation sites is 1. The van der Waals surface area contributed by atoms with Gasteiger partial charge in [0.1, 0.15) is 5.75 Å². The average Bonchev–Trinajstić information content (AvgIpc) is 2.84. The number of alkyl halides is 3. The van der Waals surface area contributed by atoms with Gasteiger partial charge in [-0.3, -0.25) is 9.59 Å². The van der Waals surface area contributed by atoms with E-state index in [0.717, 1.165) is 12.1 Å². The van der Waals surface area contributed by atoms with Crippen LogP contribution in [0.5, 0.6) is 17.2 Å². The van der Waals surface area contributed by atoms with Gasteiger partial charge in [0.2, 0.25) is 0 Å². The second-order valence-corrected chi connectivity index (χ2v) is 6.89. The normalized spacial score (nSPS) is 11.1. The topological polar surface area (TPSA) is 98.2 Å². The number of hydrazone groups is 1. The molecule has 0 saturated heterocycles. The Morgan fingerprint density at radius 1 is 0.886 bits per heavy atom. The summed E-state index contributed by atoms with van der Waals surface area (Å²) in [5.74, 6) is -0.627. The largest absolute Gasteiger partial charge is 0.573 e. The van der Waals surface area contributed by atoms with E-state index in [-0.39, 0.29) is 22.6 Å². The maximum absolute atomic E-state index is 12.7. The summed E-state index contributed by atoms with van der Waals surface area (Å²) in [4.78, 5) is 25.3. The third kappa shape index (κ3) is 6.97. The van der Waals surface area contributed by atoms with Crippen molar-refractivity contribution in [2.24, 2.45) is 5.10 Å². The Bertz CT molecular complexity index is 1230. The zero-order valence-corrected chi connectivity index (χ0v) is 18.6. The third-order valence-electron chi connectivity index (χ3n) is 4.56. The van der Waals surface area contributed by atoms with Gasteiger partial charge >= 0.3 is 6.36 Å². The van der Waals surface area contributed by atoms with Crippen molar-refractivity contribution in [3.63, 3.8) is 0 Å². The average molecular weight is 487 g/mol. The van der Waals surface area contributed by atoms with Crippen molar-refractivity contribution in [2.45, 2.75) is 6.36 Å². The number of hydrogen-bond acceptors (Lipinski definition) is 6. The molecule has 3 rings (SSSR count). The van der Waals surface area contributed by atoms with Crippen molar-refractivity contribution in [2.75, 3.05) is 19.5 Å². The molecule has 2 amide bonds. The van der Waals surface area contributed by atoms with Crippen LogP contribution in [0.3, 0.4) is 0 Å². The first-order chi connectivity index (χ1) is 16.7. The Morgan fingerprint density at radius 3 is 2.23 bits per heavy atom. The monoisotopic (exact) mass is 487 g/mol. The van der Waals surface area contributed by atoms with Crippen molar-refractivity contribution in [3.05, 3.63) is 83.4 Å². The van der Waals surface area contributed by atoms with Crippen LogP contribution in [0, 0.1) is 0 Å². The van der Waals surface area contributed by atoms with E-state index < -0.39 is 18.2 Å². The minimum Gasteiger partial charge on any atom is -0.493 e. The maximum Gasteiger partial charge on any atom is 0.573 e. The Hall–Kier alpha value is -4.54. The van der Waals surface area contributed by atoms with Gasteiger partial charge in [-0.1, -0.05) is 12.1 Å². The van der Waals surface area contributed by atoms with E-state index in [4.69, 9.17) is 9.47 Å². The summed E-state index contributed by atoms with van der Waals surface area (Å²) < 4.78 is 50.9. The van der Waals surface area contributed by atoms with Gasteiger partial charge in [0.25, 0.3) is 11.8 Å². The van der Waals surface area contributed by atoms with Crippen LogP contribution in [-0.2, 0) is 0 Å². The molecule has 0 aliphatic carbocycles. The van der Waals surface area contributed by atoms with Crippen LogP contribution in [0.15, 0.2) is 71.8 Å². The van der Waals surface area contributed by atoms with Gasteiger partial charge in [-0.05, 0) is 60.2 Å². The summed E-state index contributed by atoms with van der Waals surface area (Å²) in [6, 6.07) is 15.9. The maximum atomic E-state index is 12.7. The van der Waals surface area contributed by atoms with Crippen molar-refractivity contribution >= 4 is 23.7 Å². The van der Waals surface area contributed by atoms with Gasteiger partial charge in [-0.2, -0.15) is 5.10 Å². The molecule has 2 N–H and O–H groups in total.